The number of carbonyl (C=O) groups is 3. The molecule has 2 rings (SSSR count). The first-order chi connectivity index (χ1) is 16.7. The van der Waals surface area contributed by atoms with Gasteiger partial charge in [-0.2, -0.15) is 11.8 Å². The Kier molecular flexibility index (Phi) is 12.8. The van der Waals surface area contributed by atoms with Crippen LogP contribution in [0.15, 0.2) is 24.3 Å². The molecule has 0 aliphatic carbocycles. The summed E-state index contributed by atoms with van der Waals surface area (Å²) >= 11 is 1.53. The van der Waals surface area contributed by atoms with E-state index in [2.05, 4.69) is 10.6 Å². The Bertz CT molecular complexity index is 858. The highest BCUT2D eigenvalue weighted by atomic mass is 33.1. The van der Waals surface area contributed by atoms with Crippen LogP contribution in [0, 0.1) is 5.92 Å². The number of carbonyl (C=O) groups excluding carboxylic acids is 2. The molecule has 1 aromatic rings. The van der Waals surface area contributed by atoms with Gasteiger partial charge in [0.05, 0.1) is 6.04 Å². The Morgan fingerprint density at radius 2 is 1.89 bits per heavy atom. The number of benzene rings is 1. The topological polar surface area (TPSA) is 125 Å². The van der Waals surface area contributed by atoms with Gasteiger partial charge in [0.15, 0.2) is 0 Å². The van der Waals surface area contributed by atoms with Gasteiger partial charge in [-0.25, -0.2) is 4.79 Å². The Morgan fingerprint density at radius 3 is 2.49 bits per heavy atom. The number of hydrogen-bond donors (Lipinski definition) is 4. The van der Waals surface area contributed by atoms with Crippen molar-refractivity contribution in [2.24, 2.45) is 11.7 Å². The van der Waals surface area contributed by atoms with Crippen LogP contribution in [-0.2, 0) is 27.3 Å². The lowest BCUT2D eigenvalue weighted by Crippen LogP contribution is -2.60. The molecule has 8 nitrogen and oxygen atoms in total. The van der Waals surface area contributed by atoms with Crippen molar-refractivity contribution in [3.05, 3.63) is 35.4 Å². The zero-order valence-corrected chi connectivity index (χ0v) is 23.3. The van der Waals surface area contributed by atoms with E-state index in [0.717, 1.165) is 16.9 Å². The maximum atomic E-state index is 13.8. The number of amides is 2. The van der Waals surface area contributed by atoms with E-state index in [4.69, 9.17) is 5.73 Å². The van der Waals surface area contributed by atoms with E-state index in [-0.39, 0.29) is 17.9 Å². The largest absolute Gasteiger partial charge is 0.480 e. The van der Waals surface area contributed by atoms with Gasteiger partial charge in [0.2, 0.25) is 11.8 Å². The van der Waals surface area contributed by atoms with E-state index >= 15 is 0 Å². The number of thioether (sulfide) groups is 1. The van der Waals surface area contributed by atoms with Crippen molar-refractivity contribution in [2.45, 2.75) is 57.4 Å². The predicted octanol–water partition coefficient (Wildman–Crippen LogP) is 2.22. The molecule has 0 fully saturated rings. The minimum absolute atomic E-state index is 0.0165. The highest BCUT2D eigenvalue weighted by Gasteiger charge is 2.39. The van der Waals surface area contributed by atoms with Crippen molar-refractivity contribution in [1.29, 1.82) is 0 Å². The fraction of sp³-hybridized carbons (Fsp3) is 0.625. The highest BCUT2D eigenvalue weighted by Crippen LogP contribution is 2.25. The molecular weight excluding hydrogens is 504 g/mol. The SMILES string of the molecule is CSCC[C@H](NC(=O)[C@H]1Cc2ccccc2CN1C(=O)[C@@H](NCC(N)CSSC)C(C)C)C(=O)O. The lowest BCUT2D eigenvalue weighted by atomic mass is 9.91. The van der Waals surface area contributed by atoms with Crippen molar-refractivity contribution in [3.63, 3.8) is 0 Å². The van der Waals surface area contributed by atoms with Crippen molar-refractivity contribution in [3.8, 4) is 0 Å². The quantitative estimate of drug-likeness (QED) is 0.262. The molecule has 0 saturated heterocycles. The van der Waals surface area contributed by atoms with Crippen LogP contribution in [0.2, 0.25) is 0 Å². The first-order valence-electron chi connectivity index (χ1n) is 11.7. The molecule has 5 N–H and O–H groups in total. The van der Waals surface area contributed by atoms with Crippen LogP contribution in [0.25, 0.3) is 0 Å². The Morgan fingerprint density at radius 1 is 1.20 bits per heavy atom. The van der Waals surface area contributed by atoms with E-state index < -0.39 is 30.0 Å². The number of aliphatic carboxylic acids is 1. The molecule has 4 atom stereocenters. The molecule has 0 bridgehead atoms. The molecule has 0 aromatic heterocycles. The van der Waals surface area contributed by atoms with Crippen LogP contribution in [0.3, 0.4) is 0 Å². The lowest BCUT2D eigenvalue weighted by Gasteiger charge is -2.39. The number of rotatable bonds is 14. The standard InChI is InChI=1S/C24H38N4O4S3/c1-15(2)21(26-12-18(25)14-35-34-4)23(30)28-13-17-8-6-5-7-16(17)11-20(28)22(29)27-19(24(31)32)9-10-33-3/h5-8,15,18-21,26H,9-14,25H2,1-4H3,(H,27,29)(H,31,32)/t18?,19-,20+,21-/m0/s1. The number of nitrogens with two attached hydrogens (primary N) is 1. The zero-order chi connectivity index (χ0) is 26.0. The smallest absolute Gasteiger partial charge is 0.326 e. The number of nitrogens with zero attached hydrogens (tertiary/aromatic N) is 1. The average molecular weight is 543 g/mol. The third kappa shape index (κ3) is 8.89. The van der Waals surface area contributed by atoms with E-state index in [9.17, 15) is 19.5 Å². The van der Waals surface area contributed by atoms with Crippen molar-refractivity contribution < 1.29 is 19.5 Å². The maximum absolute atomic E-state index is 13.8. The van der Waals surface area contributed by atoms with Gasteiger partial charge in [-0.05, 0) is 41.7 Å². The molecule has 11 heteroatoms. The molecular formula is C24H38N4O4S3. The molecule has 1 aromatic carbocycles. The molecule has 1 unspecified atom stereocenters. The van der Waals surface area contributed by atoms with Crippen LogP contribution in [0.4, 0.5) is 0 Å². The van der Waals surface area contributed by atoms with Gasteiger partial charge in [0.25, 0.3) is 0 Å². The van der Waals surface area contributed by atoms with Gasteiger partial charge in [-0.15, -0.1) is 0 Å². The number of carboxylic acids is 1. The van der Waals surface area contributed by atoms with E-state index in [1.54, 1.807) is 26.5 Å². The summed E-state index contributed by atoms with van der Waals surface area (Å²) in [6, 6.07) is 5.38. The molecule has 0 spiro atoms. The Labute approximate surface area is 220 Å². The maximum Gasteiger partial charge on any atom is 0.326 e. The van der Waals surface area contributed by atoms with Crippen LogP contribution < -0.4 is 16.4 Å². The van der Waals surface area contributed by atoms with E-state index in [1.807, 2.05) is 50.6 Å². The Hall–Kier alpha value is -1.40. The summed E-state index contributed by atoms with van der Waals surface area (Å²) in [7, 11) is 3.33. The Balaban J connectivity index is 2.25. The molecule has 0 saturated carbocycles. The summed E-state index contributed by atoms with van der Waals surface area (Å²) in [5, 5.41) is 15.6. The number of hydrogen-bond acceptors (Lipinski definition) is 8. The summed E-state index contributed by atoms with van der Waals surface area (Å²) in [6.07, 6.45) is 4.56. The molecule has 0 radical (unpaired) electrons. The van der Waals surface area contributed by atoms with E-state index in [0.29, 0.717) is 31.7 Å². The van der Waals surface area contributed by atoms with Crippen LogP contribution >= 0.6 is 33.3 Å². The summed E-state index contributed by atoms with van der Waals surface area (Å²) in [5.74, 6) is -0.311. The van der Waals surface area contributed by atoms with Crippen LogP contribution in [0.5, 0.6) is 0 Å². The van der Waals surface area contributed by atoms with E-state index in [1.165, 1.54) is 11.8 Å². The molecule has 196 valence electrons. The highest BCUT2D eigenvalue weighted by molar-refractivity contribution is 8.76. The fourth-order valence-electron chi connectivity index (χ4n) is 4.03. The molecule has 1 heterocycles. The fourth-order valence-corrected chi connectivity index (χ4v) is 5.86. The third-order valence-corrected chi connectivity index (χ3v) is 8.55. The number of carboxylic acid groups (broad SMARTS) is 1. The molecule has 1 aliphatic heterocycles. The number of fused-ring (bicyclic) bond motifs is 1. The summed E-state index contributed by atoms with van der Waals surface area (Å²) in [6.45, 7) is 4.72. The molecule has 35 heavy (non-hydrogen) atoms. The molecule has 1 aliphatic rings. The van der Waals surface area contributed by atoms with Crippen LogP contribution in [-0.4, -0.2) is 82.5 Å². The second kappa shape index (κ2) is 15.0. The second-order valence-corrected chi connectivity index (χ2v) is 12.6. The average Bonchev–Trinajstić information content (AvgIpc) is 2.83. The van der Waals surface area contributed by atoms with Gasteiger partial charge in [0.1, 0.15) is 12.1 Å². The summed E-state index contributed by atoms with van der Waals surface area (Å²) in [4.78, 5) is 40.5. The second-order valence-electron chi connectivity index (χ2n) is 8.98. The van der Waals surface area contributed by atoms with Gasteiger partial charge in [-0.3, -0.25) is 9.59 Å². The summed E-state index contributed by atoms with van der Waals surface area (Å²) < 4.78 is 0. The van der Waals surface area contributed by atoms with Gasteiger partial charge >= 0.3 is 5.97 Å². The lowest BCUT2D eigenvalue weighted by molar-refractivity contribution is -0.146. The van der Waals surface area contributed by atoms with Gasteiger partial charge in [0, 0.05) is 31.3 Å². The normalized spacial score (nSPS) is 18.0. The van der Waals surface area contributed by atoms with Crippen molar-refractivity contribution >= 4 is 51.1 Å². The van der Waals surface area contributed by atoms with Gasteiger partial charge in [-0.1, -0.05) is 59.7 Å². The van der Waals surface area contributed by atoms with Crippen LogP contribution in [0.1, 0.15) is 31.4 Å². The summed E-state index contributed by atoms with van der Waals surface area (Å²) in [5.41, 5.74) is 8.20. The van der Waals surface area contributed by atoms with Crippen molar-refractivity contribution in [1.82, 2.24) is 15.5 Å². The van der Waals surface area contributed by atoms with Crippen molar-refractivity contribution in [2.75, 3.05) is 30.6 Å². The predicted molar refractivity (Wildman–Crippen MR) is 148 cm³/mol. The third-order valence-electron chi connectivity index (χ3n) is 5.99. The monoisotopic (exact) mass is 542 g/mol. The zero-order valence-electron chi connectivity index (χ0n) is 20.9. The minimum atomic E-state index is -1.07. The minimum Gasteiger partial charge on any atom is -0.480 e. The number of nitrogens with one attached hydrogen (secondary N) is 2. The first-order valence-corrected chi connectivity index (χ1v) is 15.9. The molecule has 2 amide bonds. The van der Waals surface area contributed by atoms with Gasteiger partial charge < -0.3 is 26.4 Å². The first kappa shape index (κ1) is 29.8.